The fourth-order valence-electron chi connectivity index (χ4n) is 1.19. The van der Waals surface area contributed by atoms with E-state index < -0.39 is 0 Å². The molecule has 1 aromatic rings. The fraction of sp³-hybridized carbons (Fsp3) is 0.364. The number of hydrogen-bond acceptors (Lipinski definition) is 2. The summed E-state index contributed by atoms with van der Waals surface area (Å²) >= 11 is 0. The van der Waals surface area contributed by atoms with Crippen molar-refractivity contribution in [3.8, 4) is 12.3 Å². The van der Waals surface area contributed by atoms with Crippen LogP contribution < -0.4 is 5.32 Å². The van der Waals surface area contributed by atoms with Gasteiger partial charge in [0.15, 0.2) is 0 Å². The molecular weight excluding hydrogens is 160 g/mol. The van der Waals surface area contributed by atoms with Crippen LogP contribution in [-0.4, -0.2) is 17.6 Å². The highest BCUT2D eigenvalue weighted by Gasteiger charge is 2.02. The van der Waals surface area contributed by atoms with Crippen molar-refractivity contribution in [2.75, 3.05) is 6.54 Å². The van der Waals surface area contributed by atoms with Gasteiger partial charge in [0.25, 0.3) is 0 Å². The Hall–Kier alpha value is -1.33. The zero-order valence-electron chi connectivity index (χ0n) is 7.83. The first kappa shape index (κ1) is 9.76. The van der Waals surface area contributed by atoms with Crippen LogP contribution in [0.4, 0.5) is 0 Å². The zero-order valence-corrected chi connectivity index (χ0v) is 7.83. The number of likely N-dealkylation sites (N-methyl/N-ethyl adjacent to an activating group) is 1. The van der Waals surface area contributed by atoms with Gasteiger partial charge in [-0.05, 0) is 30.7 Å². The van der Waals surface area contributed by atoms with Crippen molar-refractivity contribution < 1.29 is 0 Å². The number of nitrogens with zero attached hydrogens (tertiary/aromatic N) is 1. The highest BCUT2D eigenvalue weighted by molar-refractivity contribution is 5.15. The molecule has 2 heteroatoms. The van der Waals surface area contributed by atoms with Crippen molar-refractivity contribution in [1.29, 1.82) is 0 Å². The van der Waals surface area contributed by atoms with Crippen LogP contribution in [0.15, 0.2) is 24.5 Å². The van der Waals surface area contributed by atoms with E-state index in [-0.39, 0.29) is 6.04 Å². The van der Waals surface area contributed by atoms with Gasteiger partial charge in [0.1, 0.15) is 0 Å². The molecule has 13 heavy (non-hydrogen) atoms. The summed E-state index contributed by atoms with van der Waals surface area (Å²) in [6.07, 6.45) is 9.82. The molecule has 0 bridgehead atoms. The Morgan fingerprint density at radius 3 is 2.77 bits per heavy atom. The van der Waals surface area contributed by atoms with E-state index in [0.717, 1.165) is 13.0 Å². The number of hydrogen-bond donors (Lipinski definition) is 1. The molecule has 1 N–H and O–H groups in total. The van der Waals surface area contributed by atoms with E-state index in [1.807, 2.05) is 12.1 Å². The molecule has 0 aliphatic heterocycles. The highest BCUT2D eigenvalue weighted by atomic mass is 14.9. The number of rotatable bonds is 4. The largest absolute Gasteiger partial charge is 0.304 e. The van der Waals surface area contributed by atoms with Gasteiger partial charge in [-0.15, -0.1) is 6.42 Å². The summed E-state index contributed by atoms with van der Waals surface area (Å²) in [7, 11) is 0. The van der Waals surface area contributed by atoms with E-state index in [0.29, 0.717) is 0 Å². The maximum absolute atomic E-state index is 5.38. The lowest BCUT2D eigenvalue weighted by Gasteiger charge is -2.10. The maximum atomic E-state index is 5.38. The highest BCUT2D eigenvalue weighted by Crippen LogP contribution is 2.00. The Morgan fingerprint density at radius 1 is 1.54 bits per heavy atom. The second kappa shape index (κ2) is 5.34. The summed E-state index contributed by atoms with van der Waals surface area (Å²) in [6, 6.07) is 4.11. The molecular formula is C11H14N2. The third-order valence-electron chi connectivity index (χ3n) is 1.84. The summed E-state index contributed by atoms with van der Waals surface area (Å²) in [6.45, 7) is 2.96. The molecule has 68 valence electrons. The first-order valence-electron chi connectivity index (χ1n) is 4.45. The maximum Gasteiger partial charge on any atom is 0.0727 e. The van der Waals surface area contributed by atoms with Crippen LogP contribution >= 0.6 is 0 Å². The third kappa shape index (κ3) is 3.27. The van der Waals surface area contributed by atoms with Gasteiger partial charge in [-0.1, -0.05) is 12.8 Å². The molecule has 0 aromatic carbocycles. The summed E-state index contributed by atoms with van der Waals surface area (Å²) in [5.41, 5.74) is 1.22. The topological polar surface area (TPSA) is 24.9 Å². The summed E-state index contributed by atoms with van der Waals surface area (Å²) < 4.78 is 0. The Kier molecular flexibility index (Phi) is 4.01. The summed E-state index contributed by atoms with van der Waals surface area (Å²) in [5.74, 6) is 2.72. The van der Waals surface area contributed by atoms with Crippen molar-refractivity contribution in [1.82, 2.24) is 10.3 Å². The number of aromatic nitrogens is 1. The molecule has 1 heterocycles. The Balaban J connectivity index is 2.53. The minimum atomic E-state index is 0.132. The quantitative estimate of drug-likeness (QED) is 0.695. The second-order valence-electron chi connectivity index (χ2n) is 2.84. The van der Waals surface area contributed by atoms with Crippen molar-refractivity contribution >= 4 is 0 Å². The summed E-state index contributed by atoms with van der Waals surface area (Å²) in [4.78, 5) is 3.95. The van der Waals surface area contributed by atoms with E-state index in [2.05, 4.69) is 23.1 Å². The molecule has 0 amide bonds. The molecule has 1 aromatic heterocycles. The molecule has 0 saturated heterocycles. The number of pyridine rings is 1. The van der Waals surface area contributed by atoms with Crippen molar-refractivity contribution in [3.63, 3.8) is 0 Å². The molecule has 0 aliphatic rings. The first-order chi connectivity index (χ1) is 6.36. The predicted molar refractivity (Wildman–Crippen MR) is 54.2 cm³/mol. The average Bonchev–Trinajstić information content (AvgIpc) is 2.19. The first-order valence-corrected chi connectivity index (χ1v) is 4.45. The molecule has 1 atom stereocenters. The SMILES string of the molecule is C#CC(Cc1ccncc1)NCC. The van der Waals surface area contributed by atoms with Crippen LogP contribution in [0.2, 0.25) is 0 Å². The normalized spacial score (nSPS) is 12.0. The molecule has 0 spiro atoms. The predicted octanol–water partition coefficient (Wildman–Crippen LogP) is 1.24. The summed E-state index contributed by atoms with van der Waals surface area (Å²) in [5, 5.41) is 3.22. The van der Waals surface area contributed by atoms with Crippen LogP contribution in [0.5, 0.6) is 0 Å². The van der Waals surface area contributed by atoms with Gasteiger partial charge < -0.3 is 5.32 Å². The monoisotopic (exact) mass is 174 g/mol. The lowest BCUT2D eigenvalue weighted by molar-refractivity contribution is 0.628. The zero-order chi connectivity index (χ0) is 9.52. The van der Waals surface area contributed by atoms with Crippen LogP contribution in [0.3, 0.4) is 0 Å². The Labute approximate surface area is 79.4 Å². The number of terminal acetylenes is 1. The van der Waals surface area contributed by atoms with Gasteiger partial charge in [-0.2, -0.15) is 0 Å². The van der Waals surface area contributed by atoms with Crippen molar-refractivity contribution in [3.05, 3.63) is 30.1 Å². The second-order valence-corrected chi connectivity index (χ2v) is 2.84. The van der Waals surface area contributed by atoms with E-state index >= 15 is 0 Å². The van der Waals surface area contributed by atoms with Gasteiger partial charge in [0.05, 0.1) is 6.04 Å². The van der Waals surface area contributed by atoms with Crippen molar-refractivity contribution in [2.24, 2.45) is 0 Å². The van der Waals surface area contributed by atoms with Gasteiger partial charge >= 0.3 is 0 Å². The average molecular weight is 174 g/mol. The minimum absolute atomic E-state index is 0.132. The molecule has 1 unspecified atom stereocenters. The molecule has 0 aliphatic carbocycles. The lowest BCUT2D eigenvalue weighted by atomic mass is 10.1. The van der Waals surface area contributed by atoms with Gasteiger partial charge in [-0.25, -0.2) is 0 Å². The van der Waals surface area contributed by atoms with Gasteiger partial charge in [-0.3, -0.25) is 4.98 Å². The van der Waals surface area contributed by atoms with Crippen molar-refractivity contribution in [2.45, 2.75) is 19.4 Å². The fourth-order valence-corrected chi connectivity index (χ4v) is 1.19. The van der Waals surface area contributed by atoms with Crippen LogP contribution in [0.25, 0.3) is 0 Å². The van der Waals surface area contributed by atoms with E-state index in [9.17, 15) is 0 Å². The van der Waals surface area contributed by atoms with Gasteiger partial charge in [0.2, 0.25) is 0 Å². The Morgan fingerprint density at radius 2 is 2.23 bits per heavy atom. The van der Waals surface area contributed by atoms with E-state index in [4.69, 9.17) is 6.42 Å². The van der Waals surface area contributed by atoms with Crippen LogP contribution in [-0.2, 0) is 6.42 Å². The molecule has 0 saturated carbocycles. The number of nitrogens with one attached hydrogen (secondary N) is 1. The molecule has 2 nitrogen and oxygen atoms in total. The van der Waals surface area contributed by atoms with Crippen LogP contribution in [0.1, 0.15) is 12.5 Å². The van der Waals surface area contributed by atoms with E-state index in [1.54, 1.807) is 12.4 Å². The van der Waals surface area contributed by atoms with E-state index in [1.165, 1.54) is 5.56 Å². The standard InChI is InChI=1S/C11H14N2/c1-3-11(13-4-2)9-10-5-7-12-8-6-10/h1,5-8,11,13H,4,9H2,2H3. The Bertz CT molecular complexity index is 274. The minimum Gasteiger partial charge on any atom is -0.304 e. The lowest BCUT2D eigenvalue weighted by Crippen LogP contribution is -2.29. The van der Waals surface area contributed by atoms with Crippen LogP contribution in [0, 0.1) is 12.3 Å². The van der Waals surface area contributed by atoms with Gasteiger partial charge in [0, 0.05) is 12.4 Å². The molecule has 1 rings (SSSR count). The third-order valence-corrected chi connectivity index (χ3v) is 1.84. The smallest absolute Gasteiger partial charge is 0.0727 e. The molecule has 0 fully saturated rings. The molecule has 0 radical (unpaired) electrons.